The maximum absolute atomic E-state index is 10.5. The first kappa shape index (κ1) is 11.2. The summed E-state index contributed by atoms with van der Waals surface area (Å²) in [4.78, 5) is 10.5. The van der Waals surface area contributed by atoms with Crippen LogP contribution in [0.4, 0.5) is 0 Å². The fourth-order valence-electron chi connectivity index (χ4n) is 2.46. The SMILES string of the molecule is CC(CC=O)c1cc2c(cc1O)CCCC2. The minimum Gasteiger partial charge on any atom is -0.508 e. The third-order valence-corrected chi connectivity index (χ3v) is 3.47. The van der Waals surface area contributed by atoms with Crippen molar-refractivity contribution in [1.82, 2.24) is 0 Å². The molecule has 2 nitrogen and oxygen atoms in total. The van der Waals surface area contributed by atoms with Gasteiger partial charge in [0.15, 0.2) is 0 Å². The van der Waals surface area contributed by atoms with Crippen LogP contribution in [0.25, 0.3) is 0 Å². The molecule has 0 spiro atoms. The number of carbonyl (C=O) groups is 1. The van der Waals surface area contributed by atoms with Crippen LogP contribution in [-0.4, -0.2) is 11.4 Å². The molecular formula is C14H18O2. The van der Waals surface area contributed by atoms with Gasteiger partial charge in [-0.15, -0.1) is 0 Å². The number of fused-ring (bicyclic) bond motifs is 1. The van der Waals surface area contributed by atoms with Gasteiger partial charge >= 0.3 is 0 Å². The number of aldehydes is 1. The first-order valence-electron chi connectivity index (χ1n) is 6.00. The summed E-state index contributed by atoms with van der Waals surface area (Å²) < 4.78 is 0. The summed E-state index contributed by atoms with van der Waals surface area (Å²) in [5.41, 5.74) is 3.57. The second kappa shape index (κ2) is 4.69. The van der Waals surface area contributed by atoms with E-state index in [1.54, 1.807) is 0 Å². The molecule has 1 N–H and O–H groups in total. The van der Waals surface area contributed by atoms with Crippen LogP contribution in [0.15, 0.2) is 12.1 Å². The van der Waals surface area contributed by atoms with Crippen LogP contribution in [-0.2, 0) is 17.6 Å². The van der Waals surface area contributed by atoms with Gasteiger partial charge in [0.05, 0.1) is 0 Å². The lowest BCUT2D eigenvalue weighted by Crippen LogP contribution is -2.05. The largest absolute Gasteiger partial charge is 0.508 e. The highest BCUT2D eigenvalue weighted by Gasteiger charge is 2.16. The van der Waals surface area contributed by atoms with E-state index in [9.17, 15) is 9.90 Å². The van der Waals surface area contributed by atoms with Crippen molar-refractivity contribution in [3.05, 3.63) is 28.8 Å². The molecule has 0 saturated heterocycles. The molecule has 16 heavy (non-hydrogen) atoms. The standard InChI is InChI=1S/C14H18O2/c1-10(6-7-15)13-8-11-4-2-3-5-12(11)9-14(13)16/h7-10,16H,2-6H2,1H3. The normalized spacial score (nSPS) is 16.6. The topological polar surface area (TPSA) is 37.3 Å². The summed E-state index contributed by atoms with van der Waals surface area (Å²) in [6.07, 6.45) is 6.03. The molecule has 0 radical (unpaired) electrons. The molecule has 2 heteroatoms. The van der Waals surface area contributed by atoms with E-state index >= 15 is 0 Å². The first-order valence-corrected chi connectivity index (χ1v) is 6.00. The molecule has 2 rings (SSSR count). The maximum Gasteiger partial charge on any atom is 0.120 e. The molecule has 1 atom stereocenters. The van der Waals surface area contributed by atoms with E-state index in [0.717, 1.165) is 24.7 Å². The minimum atomic E-state index is 0.115. The maximum atomic E-state index is 10.5. The Morgan fingerprint density at radius 1 is 1.31 bits per heavy atom. The molecule has 0 heterocycles. The number of phenolic OH excluding ortho intramolecular Hbond substituents is 1. The predicted octanol–water partition coefficient (Wildman–Crippen LogP) is 2.96. The van der Waals surface area contributed by atoms with Gasteiger partial charge in [-0.1, -0.05) is 13.0 Å². The number of aryl methyl sites for hydroxylation is 2. The molecule has 0 aliphatic heterocycles. The van der Waals surface area contributed by atoms with E-state index in [1.165, 1.54) is 24.0 Å². The third-order valence-electron chi connectivity index (χ3n) is 3.47. The van der Waals surface area contributed by atoms with E-state index in [4.69, 9.17) is 0 Å². The van der Waals surface area contributed by atoms with Crippen molar-refractivity contribution < 1.29 is 9.90 Å². The summed E-state index contributed by atoms with van der Waals surface area (Å²) >= 11 is 0. The Morgan fingerprint density at radius 2 is 1.94 bits per heavy atom. The minimum absolute atomic E-state index is 0.115. The van der Waals surface area contributed by atoms with Crippen LogP contribution in [0, 0.1) is 0 Å². The predicted molar refractivity (Wildman–Crippen MR) is 63.8 cm³/mol. The highest BCUT2D eigenvalue weighted by molar-refractivity contribution is 5.53. The Hall–Kier alpha value is -1.31. The van der Waals surface area contributed by atoms with E-state index in [-0.39, 0.29) is 5.92 Å². The zero-order chi connectivity index (χ0) is 11.5. The monoisotopic (exact) mass is 218 g/mol. The average molecular weight is 218 g/mol. The van der Waals surface area contributed by atoms with E-state index in [2.05, 4.69) is 6.07 Å². The summed E-state index contributed by atoms with van der Waals surface area (Å²) in [6, 6.07) is 3.99. The van der Waals surface area contributed by atoms with Gasteiger partial charge in [-0.25, -0.2) is 0 Å². The highest BCUT2D eigenvalue weighted by Crippen LogP contribution is 2.33. The fourth-order valence-corrected chi connectivity index (χ4v) is 2.46. The smallest absolute Gasteiger partial charge is 0.120 e. The summed E-state index contributed by atoms with van der Waals surface area (Å²) in [7, 11) is 0. The van der Waals surface area contributed by atoms with Crippen LogP contribution < -0.4 is 0 Å². The third kappa shape index (κ3) is 2.11. The fraction of sp³-hybridized carbons (Fsp3) is 0.500. The number of phenols is 1. The zero-order valence-corrected chi connectivity index (χ0v) is 9.70. The van der Waals surface area contributed by atoms with Gasteiger partial charge in [0.2, 0.25) is 0 Å². The number of hydrogen-bond donors (Lipinski definition) is 1. The van der Waals surface area contributed by atoms with Gasteiger partial charge < -0.3 is 9.90 Å². The first-order chi connectivity index (χ1) is 7.72. The van der Waals surface area contributed by atoms with Gasteiger partial charge in [-0.3, -0.25) is 0 Å². The van der Waals surface area contributed by atoms with Crippen LogP contribution in [0.1, 0.15) is 48.8 Å². The van der Waals surface area contributed by atoms with Crippen LogP contribution >= 0.6 is 0 Å². The van der Waals surface area contributed by atoms with Crippen LogP contribution in [0.2, 0.25) is 0 Å². The lowest BCUT2D eigenvalue weighted by atomic mass is 9.86. The molecule has 86 valence electrons. The number of carbonyl (C=O) groups excluding carboxylic acids is 1. The summed E-state index contributed by atoms with van der Waals surface area (Å²) in [5.74, 6) is 0.472. The molecule has 0 aromatic heterocycles. The molecule has 0 saturated carbocycles. The molecule has 0 amide bonds. The Bertz CT molecular complexity index is 396. The summed E-state index contributed by atoms with van der Waals surface area (Å²) in [6.45, 7) is 1.98. The van der Waals surface area contributed by atoms with Crippen molar-refractivity contribution in [2.45, 2.75) is 44.9 Å². The average Bonchev–Trinajstić information content (AvgIpc) is 2.28. The second-order valence-corrected chi connectivity index (χ2v) is 4.69. The molecular weight excluding hydrogens is 200 g/mol. The van der Waals surface area contributed by atoms with Crippen LogP contribution in [0.5, 0.6) is 5.75 Å². The Morgan fingerprint density at radius 3 is 2.56 bits per heavy atom. The van der Waals surface area contributed by atoms with E-state index < -0.39 is 0 Å². The summed E-state index contributed by atoms with van der Waals surface area (Å²) in [5, 5.41) is 9.95. The number of rotatable bonds is 3. The van der Waals surface area contributed by atoms with Crippen molar-refractivity contribution >= 4 is 6.29 Å². The molecule has 1 aliphatic rings. The zero-order valence-electron chi connectivity index (χ0n) is 9.70. The highest BCUT2D eigenvalue weighted by atomic mass is 16.3. The molecule has 1 aromatic carbocycles. The van der Waals surface area contributed by atoms with Gasteiger partial charge in [-0.05, 0) is 54.4 Å². The van der Waals surface area contributed by atoms with Gasteiger partial charge in [0, 0.05) is 6.42 Å². The van der Waals surface area contributed by atoms with Gasteiger partial charge in [-0.2, -0.15) is 0 Å². The lowest BCUT2D eigenvalue weighted by Gasteiger charge is -2.19. The molecule has 1 aliphatic carbocycles. The van der Waals surface area contributed by atoms with E-state index in [0.29, 0.717) is 12.2 Å². The lowest BCUT2D eigenvalue weighted by molar-refractivity contribution is -0.108. The van der Waals surface area contributed by atoms with Crippen molar-refractivity contribution in [1.29, 1.82) is 0 Å². The van der Waals surface area contributed by atoms with E-state index in [1.807, 2.05) is 13.0 Å². The van der Waals surface area contributed by atoms with Gasteiger partial charge in [0.25, 0.3) is 0 Å². The second-order valence-electron chi connectivity index (χ2n) is 4.69. The Labute approximate surface area is 96.3 Å². The van der Waals surface area contributed by atoms with Crippen molar-refractivity contribution in [3.63, 3.8) is 0 Å². The number of hydrogen-bond acceptors (Lipinski definition) is 2. The van der Waals surface area contributed by atoms with Gasteiger partial charge in [0.1, 0.15) is 12.0 Å². The number of aromatic hydroxyl groups is 1. The van der Waals surface area contributed by atoms with Crippen LogP contribution in [0.3, 0.4) is 0 Å². The van der Waals surface area contributed by atoms with Crippen molar-refractivity contribution in [3.8, 4) is 5.75 Å². The number of benzene rings is 1. The molecule has 1 aromatic rings. The quantitative estimate of drug-likeness (QED) is 0.792. The van der Waals surface area contributed by atoms with Crippen molar-refractivity contribution in [2.24, 2.45) is 0 Å². The Balaban J connectivity index is 2.35. The molecule has 0 fully saturated rings. The van der Waals surface area contributed by atoms with Crippen molar-refractivity contribution in [2.75, 3.05) is 0 Å². The Kier molecular flexibility index (Phi) is 3.28. The molecule has 0 bridgehead atoms. The molecule has 1 unspecified atom stereocenters.